The molecule has 4 heterocycles. The second-order valence-corrected chi connectivity index (χ2v) is 10.5. The third kappa shape index (κ3) is 5.32. The predicted octanol–water partition coefficient (Wildman–Crippen LogP) is 5.07. The number of hydrogen-bond acceptors (Lipinski definition) is 8. The molecule has 212 valence electrons. The van der Waals surface area contributed by atoms with Gasteiger partial charge in [0.1, 0.15) is 18.4 Å². The highest BCUT2D eigenvalue weighted by molar-refractivity contribution is 5.84. The molecule has 10 heteroatoms. The molecule has 0 bridgehead atoms. The molecule has 2 atom stereocenters. The Balaban J connectivity index is 1.45. The van der Waals surface area contributed by atoms with E-state index in [0.717, 1.165) is 62.0 Å². The Hall–Kier alpha value is -4.15. The standard InChI is InChI=1S/C31H36N8O2/c1-2-23(36-28-27-30(34-19-33-28)38(20-35-27)25-16-7-9-18-41-25)29-37-24-15-10-12-21(11-6-8-17-32)26(24)31(40)39(29)22-13-4-3-5-14-22/h3-5,10,12-15,19-20,23,25H,2,6-9,11,16-18,32H2,1H3,(H,33,34,36)/t23-,25?/m0/s1. The predicted molar refractivity (Wildman–Crippen MR) is 160 cm³/mol. The first-order valence-corrected chi connectivity index (χ1v) is 14.5. The normalized spacial score (nSPS) is 16.3. The summed E-state index contributed by atoms with van der Waals surface area (Å²) in [5.74, 6) is 1.22. The lowest BCUT2D eigenvalue weighted by molar-refractivity contribution is -0.0298. The highest BCUT2D eigenvalue weighted by Gasteiger charge is 2.24. The van der Waals surface area contributed by atoms with Gasteiger partial charge in [0.05, 0.1) is 29.0 Å². The summed E-state index contributed by atoms with van der Waals surface area (Å²) in [5.41, 5.74) is 9.50. The molecule has 6 rings (SSSR count). The van der Waals surface area contributed by atoms with Crippen molar-refractivity contribution in [2.45, 2.75) is 64.1 Å². The molecule has 0 spiro atoms. The number of unbranched alkanes of at least 4 members (excludes halogenated alkanes) is 1. The molecule has 0 radical (unpaired) electrons. The topological polar surface area (TPSA) is 126 Å². The lowest BCUT2D eigenvalue weighted by Crippen LogP contribution is -2.29. The van der Waals surface area contributed by atoms with E-state index in [1.165, 1.54) is 0 Å². The summed E-state index contributed by atoms with van der Waals surface area (Å²) in [6, 6.07) is 15.3. The molecule has 2 aromatic carbocycles. The van der Waals surface area contributed by atoms with Crippen LogP contribution in [0.3, 0.4) is 0 Å². The van der Waals surface area contributed by atoms with Gasteiger partial charge >= 0.3 is 0 Å². The molecular formula is C31H36N8O2. The number of nitrogens with two attached hydrogens (primary N) is 1. The number of ether oxygens (including phenoxy) is 1. The van der Waals surface area contributed by atoms with E-state index in [0.29, 0.717) is 41.0 Å². The van der Waals surface area contributed by atoms with Crippen LogP contribution in [0.5, 0.6) is 0 Å². The number of imidazole rings is 1. The van der Waals surface area contributed by atoms with E-state index in [1.807, 2.05) is 53.1 Å². The van der Waals surface area contributed by atoms with E-state index < -0.39 is 0 Å². The van der Waals surface area contributed by atoms with Crippen LogP contribution in [0.25, 0.3) is 27.8 Å². The van der Waals surface area contributed by atoms with Gasteiger partial charge < -0.3 is 15.8 Å². The van der Waals surface area contributed by atoms with Crippen molar-refractivity contribution in [2.24, 2.45) is 5.73 Å². The summed E-state index contributed by atoms with van der Waals surface area (Å²) >= 11 is 0. The van der Waals surface area contributed by atoms with Crippen molar-refractivity contribution in [1.29, 1.82) is 0 Å². The Kier molecular flexibility index (Phi) is 8.02. The van der Waals surface area contributed by atoms with Crippen LogP contribution in [0, 0.1) is 0 Å². The van der Waals surface area contributed by atoms with Crippen LogP contribution < -0.4 is 16.6 Å². The highest BCUT2D eigenvalue weighted by Crippen LogP contribution is 2.30. The molecule has 0 saturated carbocycles. The highest BCUT2D eigenvalue weighted by atomic mass is 16.5. The van der Waals surface area contributed by atoms with Crippen LogP contribution in [0.15, 0.2) is 66.0 Å². The summed E-state index contributed by atoms with van der Waals surface area (Å²) in [6.07, 6.45) is 9.62. The van der Waals surface area contributed by atoms with E-state index in [1.54, 1.807) is 17.2 Å². The van der Waals surface area contributed by atoms with Crippen LogP contribution in [0.1, 0.15) is 69.1 Å². The minimum Gasteiger partial charge on any atom is -0.358 e. The molecule has 3 aromatic heterocycles. The molecule has 1 aliphatic heterocycles. The number of fused-ring (bicyclic) bond motifs is 2. The number of benzene rings is 2. The Morgan fingerprint density at radius 3 is 2.73 bits per heavy atom. The number of aromatic nitrogens is 6. The van der Waals surface area contributed by atoms with E-state index in [2.05, 4.69) is 27.2 Å². The van der Waals surface area contributed by atoms with Gasteiger partial charge in [-0.2, -0.15) is 0 Å². The van der Waals surface area contributed by atoms with E-state index >= 15 is 0 Å². The molecule has 5 aromatic rings. The van der Waals surface area contributed by atoms with Crippen molar-refractivity contribution in [3.8, 4) is 5.69 Å². The van der Waals surface area contributed by atoms with Gasteiger partial charge in [0.15, 0.2) is 17.0 Å². The van der Waals surface area contributed by atoms with Crippen molar-refractivity contribution in [3.63, 3.8) is 0 Å². The average molecular weight is 553 g/mol. The van der Waals surface area contributed by atoms with E-state index in [-0.39, 0.29) is 17.8 Å². The summed E-state index contributed by atoms with van der Waals surface area (Å²) in [7, 11) is 0. The summed E-state index contributed by atoms with van der Waals surface area (Å²) in [4.78, 5) is 33.2. The Labute approximate surface area is 238 Å². The van der Waals surface area contributed by atoms with Gasteiger partial charge in [-0.15, -0.1) is 0 Å². The summed E-state index contributed by atoms with van der Waals surface area (Å²) in [6.45, 7) is 3.44. The number of rotatable bonds is 10. The molecule has 3 N–H and O–H groups in total. The molecule has 1 unspecified atom stereocenters. The van der Waals surface area contributed by atoms with Crippen molar-refractivity contribution < 1.29 is 4.74 Å². The van der Waals surface area contributed by atoms with Crippen molar-refractivity contribution in [2.75, 3.05) is 18.5 Å². The molecule has 10 nitrogen and oxygen atoms in total. The monoisotopic (exact) mass is 552 g/mol. The molecular weight excluding hydrogens is 516 g/mol. The maximum absolute atomic E-state index is 14.3. The van der Waals surface area contributed by atoms with Gasteiger partial charge in [-0.3, -0.25) is 13.9 Å². The van der Waals surface area contributed by atoms with Crippen molar-refractivity contribution >= 4 is 27.9 Å². The largest absolute Gasteiger partial charge is 0.358 e. The smallest absolute Gasteiger partial charge is 0.266 e. The van der Waals surface area contributed by atoms with Gasteiger partial charge in [0.2, 0.25) is 0 Å². The number of anilines is 1. The van der Waals surface area contributed by atoms with Crippen LogP contribution in [0.4, 0.5) is 5.82 Å². The number of nitrogens with zero attached hydrogens (tertiary/aromatic N) is 6. The number of nitrogens with one attached hydrogen (secondary N) is 1. The molecule has 41 heavy (non-hydrogen) atoms. The third-order valence-corrected chi connectivity index (χ3v) is 7.78. The minimum atomic E-state index is -0.317. The van der Waals surface area contributed by atoms with Gasteiger partial charge in [0, 0.05) is 6.61 Å². The average Bonchev–Trinajstić information content (AvgIpc) is 3.46. The number of para-hydroxylation sites is 1. The van der Waals surface area contributed by atoms with Gasteiger partial charge in [-0.05, 0) is 75.3 Å². The zero-order valence-electron chi connectivity index (χ0n) is 23.4. The zero-order valence-corrected chi connectivity index (χ0v) is 23.4. The fourth-order valence-electron chi connectivity index (χ4n) is 5.67. The number of hydrogen-bond donors (Lipinski definition) is 2. The van der Waals surface area contributed by atoms with Crippen LogP contribution in [-0.4, -0.2) is 42.2 Å². The lowest BCUT2D eigenvalue weighted by Gasteiger charge is -2.24. The maximum Gasteiger partial charge on any atom is 0.266 e. The molecule has 0 aliphatic carbocycles. The Morgan fingerprint density at radius 2 is 1.95 bits per heavy atom. The third-order valence-electron chi connectivity index (χ3n) is 7.78. The van der Waals surface area contributed by atoms with E-state index in [9.17, 15) is 4.79 Å². The summed E-state index contributed by atoms with van der Waals surface area (Å²) in [5, 5.41) is 4.21. The summed E-state index contributed by atoms with van der Waals surface area (Å²) < 4.78 is 9.72. The van der Waals surface area contributed by atoms with Gasteiger partial charge in [-0.1, -0.05) is 37.3 Å². The Morgan fingerprint density at radius 1 is 1.07 bits per heavy atom. The van der Waals surface area contributed by atoms with Crippen LogP contribution >= 0.6 is 0 Å². The molecule has 1 saturated heterocycles. The van der Waals surface area contributed by atoms with Crippen LogP contribution in [0.2, 0.25) is 0 Å². The second-order valence-electron chi connectivity index (χ2n) is 10.5. The van der Waals surface area contributed by atoms with Crippen molar-refractivity contribution in [1.82, 2.24) is 29.1 Å². The SMILES string of the molecule is CC[C@H](Nc1ncnc2c1ncn2C1CCCCO1)c1nc2cccc(CCCCN)c2c(=O)n1-c1ccccc1. The van der Waals surface area contributed by atoms with E-state index in [4.69, 9.17) is 15.5 Å². The fourth-order valence-corrected chi connectivity index (χ4v) is 5.67. The first-order valence-electron chi connectivity index (χ1n) is 14.5. The maximum atomic E-state index is 14.3. The quantitative estimate of drug-likeness (QED) is 0.230. The molecule has 0 amide bonds. The number of aryl methyl sites for hydroxylation is 1. The first-order chi connectivity index (χ1) is 20.2. The zero-order chi connectivity index (χ0) is 28.2. The lowest BCUT2D eigenvalue weighted by atomic mass is 10.0. The van der Waals surface area contributed by atoms with Gasteiger partial charge in [0.25, 0.3) is 5.56 Å². The molecule has 1 fully saturated rings. The fraction of sp³-hybridized carbons (Fsp3) is 0.387. The minimum absolute atomic E-state index is 0.0774. The first kappa shape index (κ1) is 27.0. The molecule has 1 aliphatic rings. The Bertz CT molecular complexity index is 1690. The van der Waals surface area contributed by atoms with Crippen LogP contribution in [-0.2, 0) is 11.2 Å². The van der Waals surface area contributed by atoms with Gasteiger partial charge in [-0.25, -0.2) is 19.9 Å². The second kappa shape index (κ2) is 12.2. The van der Waals surface area contributed by atoms with Crippen molar-refractivity contribution in [3.05, 3.63) is 82.9 Å².